The highest BCUT2D eigenvalue weighted by molar-refractivity contribution is 14.1. The van der Waals surface area contributed by atoms with Crippen molar-refractivity contribution in [2.75, 3.05) is 123 Å². The van der Waals surface area contributed by atoms with E-state index < -0.39 is 0 Å². The van der Waals surface area contributed by atoms with Crippen molar-refractivity contribution in [3.05, 3.63) is 0 Å². The Kier molecular flexibility index (Phi) is 29.9. The van der Waals surface area contributed by atoms with E-state index in [1.807, 2.05) is 0 Å². The molecule has 10 heteroatoms. The summed E-state index contributed by atoms with van der Waals surface area (Å²) in [5.74, 6) is 2.39. The molecule has 9 nitrogen and oxygen atoms in total. The average molecular weight is 562 g/mol. The molecule has 0 aliphatic carbocycles. The second-order valence-electron chi connectivity index (χ2n) is 5.84. The van der Waals surface area contributed by atoms with Gasteiger partial charge < -0.3 is 42.6 Å². The number of halogens is 1. The van der Waals surface area contributed by atoms with E-state index in [1.54, 1.807) is 0 Å². The van der Waals surface area contributed by atoms with Crippen molar-refractivity contribution >= 4 is 22.6 Å². The zero-order valence-corrected chi connectivity index (χ0v) is 20.7. The van der Waals surface area contributed by atoms with Gasteiger partial charge in [0.2, 0.25) is 0 Å². The molecule has 0 aliphatic heterocycles. The summed E-state index contributed by atoms with van der Waals surface area (Å²) >= 11 is 2.28. The van der Waals surface area contributed by atoms with Gasteiger partial charge in [-0.25, -0.2) is 0 Å². The summed E-state index contributed by atoms with van der Waals surface area (Å²) < 4.78 is 49.1. The van der Waals surface area contributed by atoms with E-state index in [2.05, 4.69) is 28.5 Å². The molecule has 31 heavy (non-hydrogen) atoms. The molecule has 0 atom stereocenters. The van der Waals surface area contributed by atoms with Gasteiger partial charge in [-0.3, -0.25) is 0 Å². The number of rotatable bonds is 27. The first-order valence-electron chi connectivity index (χ1n) is 10.6. The molecule has 0 saturated carbocycles. The Hall–Kier alpha value is -0.0700. The maximum atomic E-state index is 5.43. The van der Waals surface area contributed by atoms with Gasteiger partial charge >= 0.3 is 0 Å². The molecule has 0 amide bonds. The van der Waals surface area contributed by atoms with E-state index in [9.17, 15) is 0 Å². The lowest BCUT2D eigenvalue weighted by molar-refractivity contribution is -0.0243. The molecule has 0 fully saturated rings. The number of hydrogen-bond acceptors (Lipinski definition) is 9. The summed E-state index contributed by atoms with van der Waals surface area (Å²) in [5.41, 5.74) is 0. The van der Waals surface area contributed by atoms with Crippen LogP contribution in [0.5, 0.6) is 0 Å². The summed E-state index contributed by atoms with van der Waals surface area (Å²) in [6.07, 6.45) is 5.06. The summed E-state index contributed by atoms with van der Waals surface area (Å²) in [5, 5.41) is 0. The predicted octanol–water partition coefficient (Wildman–Crippen LogP) is 1.20. The second-order valence-corrected chi connectivity index (χ2v) is 6.92. The number of hydrogen-bond donors (Lipinski definition) is 0. The van der Waals surface area contributed by atoms with Gasteiger partial charge in [0, 0.05) is 4.43 Å². The Balaban J connectivity index is 2.99. The van der Waals surface area contributed by atoms with Crippen molar-refractivity contribution in [1.82, 2.24) is 0 Å². The maximum absolute atomic E-state index is 5.43. The summed E-state index contributed by atoms with van der Waals surface area (Å²) in [7, 11) is 0. The second kappa shape index (κ2) is 29.9. The fraction of sp³-hybridized carbons (Fsp3) is 0.905. The van der Waals surface area contributed by atoms with Gasteiger partial charge in [-0.15, -0.1) is 6.42 Å². The van der Waals surface area contributed by atoms with Gasteiger partial charge in [0.05, 0.1) is 112 Å². The van der Waals surface area contributed by atoms with Crippen LogP contribution in [0.2, 0.25) is 0 Å². The SMILES string of the molecule is C#CCOCCOCCOCCOCCOCCOCCOCCOCCOCCI. The fourth-order valence-electron chi connectivity index (χ4n) is 1.94. The van der Waals surface area contributed by atoms with Gasteiger partial charge in [-0.05, 0) is 0 Å². The smallest absolute Gasteiger partial charge is 0.107 e. The van der Waals surface area contributed by atoms with E-state index in [0.29, 0.717) is 112 Å². The molecule has 0 unspecified atom stereocenters. The molecule has 0 spiro atoms. The Morgan fingerprint density at radius 1 is 0.387 bits per heavy atom. The highest BCUT2D eigenvalue weighted by Crippen LogP contribution is 1.86. The molecule has 0 rings (SSSR count). The monoisotopic (exact) mass is 562 g/mol. The molecule has 0 bridgehead atoms. The molecule has 0 radical (unpaired) electrons. The van der Waals surface area contributed by atoms with Crippen molar-refractivity contribution in [1.29, 1.82) is 0 Å². The van der Waals surface area contributed by atoms with Crippen LogP contribution in [-0.2, 0) is 42.6 Å². The molecule has 0 aromatic carbocycles. The minimum absolute atomic E-state index is 0.315. The van der Waals surface area contributed by atoms with Crippen LogP contribution in [0.4, 0.5) is 0 Å². The normalized spacial score (nSPS) is 11.1. The molecule has 0 aromatic rings. The topological polar surface area (TPSA) is 83.1 Å². The third-order valence-corrected chi connectivity index (χ3v) is 3.82. The minimum Gasteiger partial charge on any atom is -0.378 e. The first-order chi connectivity index (χ1) is 15.4. The van der Waals surface area contributed by atoms with Crippen LogP contribution in [0.1, 0.15) is 0 Å². The molecule has 0 N–H and O–H groups in total. The van der Waals surface area contributed by atoms with Crippen LogP contribution in [0.25, 0.3) is 0 Å². The van der Waals surface area contributed by atoms with Gasteiger partial charge in [0.25, 0.3) is 0 Å². The number of alkyl halides is 1. The van der Waals surface area contributed by atoms with Crippen LogP contribution in [0.3, 0.4) is 0 Å². The number of ether oxygens (including phenoxy) is 9. The molecular weight excluding hydrogens is 523 g/mol. The Bertz CT molecular complexity index is 369. The van der Waals surface area contributed by atoms with Crippen LogP contribution in [0, 0.1) is 12.3 Å². The van der Waals surface area contributed by atoms with E-state index in [-0.39, 0.29) is 0 Å². The zero-order chi connectivity index (χ0) is 22.5. The van der Waals surface area contributed by atoms with Crippen molar-refractivity contribution in [3.63, 3.8) is 0 Å². The first kappa shape index (κ1) is 30.9. The summed E-state index contributed by atoms with van der Waals surface area (Å²) in [4.78, 5) is 0. The van der Waals surface area contributed by atoms with E-state index >= 15 is 0 Å². The molecule has 0 aliphatic rings. The largest absolute Gasteiger partial charge is 0.378 e. The third-order valence-electron chi connectivity index (χ3n) is 3.38. The van der Waals surface area contributed by atoms with Crippen molar-refractivity contribution in [2.45, 2.75) is 0 Å². The minimum atomic E-state index is 0.315. The molecule has 184 valence electrons. The highest BCUT2D eigenvalue weighted by atomic mass is 127. The van der Waals surface area contributed by atoms with Gasteiger partial charge in [-0.2, -0.15) is 0 Å². The van der Waals surface area contributed by atoms with E-state index in [1.165, 1.54) is 0 Å². The quantitative estimate of drug-likeness (QED) is 0.0635. The van der Waals surface area contributed by atoms with E-state index in [4.69, 9.17) is 49.1 Å². The Morgan fingerprint density at radius 3 is 0.839 bits per heavy atom. The summed E-state index contributed by atoms with van der Waals surface area (Å²) in [6.45, 7) is 9.75. The van der Waals surface area contributed by atoms with Crippen molar-refractivity contribution in [3.8, 4) is 12.3 Å². The standard InChI is InChI=1S/C21H39IO9/c1-2-4-23-6-8-25-10-12-27-14-16-29-18-20-31-21-19-30-17-15-28-13-11-26-9-7-24-5-3-22/h1H,3-21H2. The lowest BCUT2D eigenvalue weighted by Crippen LogP contribution is -2.15. The summed E-state index contributed by atoms with van der Waals surface area (Å²) in [6, 6.07) is 0. The van der Waals surface area contributed by atoms with Crippen LogP contribution >= 0.6 is 22.6 Å². The van der Waals surface area contributed by atoms with Gasteiger partial charge in [0.1, 0.15) is 6.61 Å². The van der Waals surface area contributed by atoms with Gasteiger partial charge in [-0.1, -0.05) is 28.5 Å². The van der Waals surface area contributed by atoms with Gasteiger partial charge in [0.15, 0.2) is 0 Å². The average Bonchev–Trinajstić information content (AvgIpc) is 2.78. The Morgan fingerprint density at radius 2 is 0.613 bits per heavy atom. The zero-order valence-electron chi connectivity index (χ0n) is 18.6. The van der Waals surface area contributed by atoms with Crippen molar-refractivity contribution < 1.29 is 42.6 Å². The predicted molar refractivity (Wildman–Crippen MR) is 125 cm³/mol. The molecule has 0 saturated heterocycles. The fourth-order valence-corrected chi connectivity index (χ4v) is 2.26. The third kappa shape index (κ3) is 29.9. The van der Waals surface area contributed by atoms with E-state index in [0.717, 1.165) is 11.0 Å². The first-order valence-corrected chi connectivity index (χ1v) is 12.1. The number of terminal acetylenes is 1. The molecular formula is C21H39IO9. The molecule has 0 heterocycles. The maximum Gasteiger partial charge on any atom is 0.107 e. The van der Waals surface area contributed by atoms with Crippen LogP contribution < -0.4 is 0 Å². The lowest BCUT2D eigenvalue weighted by Gasteiger charge is -2.08. The highest BCUT2D eigenvalue weighted by Gasteiger charge is 1.95. The Labute approximate surface area is 200 Å². The molecule has 0 aromatic heterocycles. The van der Waals surface area contributed by atoms with Crippen LogP contribution in [0.15, 0.2) is 0 Å². The lowest BCUT2D eigenvalue weighted by atomic mass is 10.6. The van der Waals surface area contributed by atoms with Crippen LogP contribution in [-0.4, -0.2) is 123 Å². The van der Waals surface area contributed by atoms with Crippen molar-refractivity contribution in [2.24, 2.45) is 0 Å².